The molecule has 4 aromatic rings. The van der Waals surface area contributed by atoms with Gasteiger partial charge in [0.25, 0.3) is 5.56 Å². The molecule has 6 nitrogen and oxygen atoms in total. The van der Waals surface area contributed by atoms with Crippen LogP contribution in [0.15, 0.2) is 83.0 Å². The summed E-state index contributed by atoms with van der Waals surface area (Å²) in [4.78, 5) is 33.9. The Morgan fingerprint density at radius 3 is 2.66 bits per heavy atom. The number of rotatable bonds is 8. The second-order valence-corrected chi connectivity index (χ2v) is 9.07. The number of aromatic nitrogens is 3. The molecule has 1 amide bonds. The number of thioether (sulfide) groups is 2. The Morgan fingerprint density at radius 1 is 1.06 bits per heavy atom. The van der Waals surface area contributed by atoms with E-state index in [-0.39, 0.29) is 23.0 Å². The number of halogens is 1. The molecule has 0 saturated carbocycles. The second-order valence-electron chi connectivity index (χ2n) is 6.78. The van der Waals surface area contributed by atoms with Crippen molar-refractivity contribution in [3.05, 3.63) is 94.8 Å². The largest absolute Gasteiger partial charge is 0.351 e. The molecule has 2 aromatic heterocycles. The summed E-state index contributed by atoms with van der Waals surface area (Å²) in [7, 11) is 0. The van der Waals surface area contributed by atoms with Crippen molar-refractivity contribution in [2.24, 2.45) is 0 Å². The van der Waals surface area contributed by atoms with Crippen LogP contribution in [0.1, 0.15) is 5.56 Å². The van der Waals surface area contributed by atoms with E-state index in [2.05, 4.69) is 15.3 Å². The van der Waals surface area contributed by atoms with Crippen molar-refractivity contribution in [2.75, 3.05) is 10.8 Å². The maximum Gasteiger partial charge on any atom is 0.266 e. The van der Waals surface area contributed by atoms with E-state index in [0.717, 1.165) is 5.56 Å². The van der Waals surface area contributed by atoms with E-state index >= 15 is 0 Å². The van der Waals surface area contributed by atoms with Gasteiger partial charge in [0.05, 0.1) is 22.3 Å². The van der Waals surface area contributed by atoms with Crippen LogP contribution >= 0.6 is 23.5 Å². The van der Waals surface area contributed by atoms with Gasteiger partial charge in [0.2, 0.25) is 5.91 Å². The van der Waals surface area contributed by atoms with Crippen LogP contribution in [0.25, 0.3) is 16.6 Å². The molecule has 0 aliphatic rings. The van der Waals surface area contributed by atoms with Crippen LogP contribution in [0.2, 0.25) is 0 Å². The fourth-order valence-electron chi connectivity index (χ4n) is 3.01. The summed E-state index contributed by atoms with van der Waals surface area (Å²) < 4.78 is 14.9. The Kier molecular flexibility index (Phi) is 7.18. The van der Waals surface area contributed by atoms with Crippen LogP contribution in [-0.4, -0.2) is 31.3 Å². The van der Waals surface area contributed by atoms with Gasteiger partial charge in [-0.1, -0.05) is 30.0 Å². The number of nitrogens with zero attached hydrogens (tertiary/aromatic N) is 3. The molecule has 0 aliphatic carbocycles. The number of nitrogens with one attached hydrogen (secondary N) is 1. The molecule has 2 aromatic carbocycles. The first-order chi connectivity index (χ1) is 15.6. The molecule has 0 atom stereocenters. The summed E-state index contributed by atoms with van der Waals surface area (Å²) in [6.07, 6.45) is 3.40. The number of benzene rings is 2. The number of pyridine rings is 1. The first kappa shape index (κ1) is 22.0. The van der Waals surface area contributed by atoms with Gasteiger partial charge >= 0.3 is 0 Å². The third-order valence-corrected chi connectivity index (χ3v) is 6.68. The van der Waals surface area contributed by atoms with Crippen molar-refractivity contribution in [3.8, 4) is 5.69 Å². The minimum atomic E-state index is -0.377. The zero-order valence-corrected chi connectivity index (χ0v) is 18.5. The number of fused-ring (bicyclic) bond motifs is 1. The Hall–Kier alpha value is -3.17. The van der Waals surface area contributed by atoms with Crippen LogP contribution in [-0.2, 0) is 11.3 Å². The summed E-state index contributed by atoms with van der Waals surface area (Å²) in [6, 6.07) is 16.6. The predicted octanol–water partition coefficient (Wildman–Crippen LogP) is 4.02. The van der Waals surface area contributed by atoms with Gasteiger partial charge in [-0.05, 0) is 48.0 Å². The van der Waals surface area contributed by atoms with E-state index in [1.165, 1.54) is 40.2 Å². The van der Waals surface area contributed by atoms with Gasteiger partial charge in [-0.25, -0.2) is 9.37 Å². The van der Waals surface area contributed by atoms with Crippen molar-refractivity contribution in [2.45, 2.75) is 11.7 Å². The van der Waals surface area contributed by atoms with E-state index in [9.17, 15) is 14.0 Å². The molecular formula is C23H19FN4O2S2. The lowest BCUT2D eigenvalue weighted by Gasteiger charge is -2.13. The first-order valence-corrected chi connectivity index (χ1v) is 11.9. The molecule has 0 aliphatic heterocycles. The molecular weight excluding hydrogens is 447 g/mol. The van der Waals surface area contributed by atoms with E-state index in [0.29, 0.717) is 33.4 Å². The van der Waals surface area contributed by atoms with E-state index in [4.69, 9.17) is 0 Å². The van der Waals surface area contributed by atoms with E-state index in [1.807, 2.05) is 18.2 Å². The van der Waals surface area contributed by atoms with E-state index in [1.54, 1.807) is 42.7 Å². The fraction of sp³-hybridized carbons (Fsp3) is 0.130. The number of hydrogen-bond donors (Lipinski definition) is 1. The molecule has 0 unspecified atom stereocenters. The Morgan fingerprint density at radius 2 is 1.88 bits per heavy atom. The number of amides is 1. The monoisotopic (exact) mass is 466 g/mol. The number of hydrogen-bond acceptors (Lipinski definition) is 6. The Labute approximate surface area is 192 Å². The lowest BCUT2D eigenvalue weighted by Crippen LogP contribution is -2.24. The normalized spacial score (nSPS) is 10.9. The summed E-state index contributed by atoms with van der Waals surface area (Å²) in [5, 5.41) is 4.36. The van der Waals surface area contributed by atoms with Gasteiger partial charge in [0, 0.05) is 24.0 Å². The van der Waals surface area contributed by atoms with Crippen molar-refractivity contribution < 1.29 is 9.18 Å². The molecule has 9 heteroatoms. The van der Waals surface area contributed by atoms with Crippen molar-refractivity contribution in [1.29, 1.82) is 0 Å². The molecule has 1 N–H and O–H groups in total. The lowest BCUT2D eigenvalue weighted by molar-refractivity contribution is -0.118. The number of carbonyl (C=O) groups is 1. The van der Waals surface area contributed by atoms with Crippen LogP contribution in [0.4, 0.5) is 4.39 Å². The summed E-state index contributed by atoms with van der Waals surface area (Å²) >= 11 is 2.79. The van der Waals surface area contributed by atoms with Gasteiger partial charge in [0.1, 0.15) is 5.82 Å². The highest BCUT2D eigenvalue weighted by Gasteiger charge is 2.14. The van der Waals surface area contributed by atoms with Crippen LogP contribution in [0, 0.1) is 5.82 Å². The van der Waals surface area contributed by atoms with Crippen LogP contribution < -0.4 is 10.9 Å². The van der Waals surface area contributed by atoms with Gasteiger partial charge in [-0.15, -0.1) is 11.8 Å². The molecule has 0 bridgehead atoms. The third-order valence-electron chi connectivity index (χ3n) is 4.55. The first-order valence-electron chi connectivity index (χ1n) is 9.76. The fourth-order valence-corrected chi connectivity index (χ4v) is 4.87. The Balaban J connectivity index is 1.45. The van der Waals surface area contributed by atoms with Crippen LogP contribution in [0.3, 0.4) is 0 Å². The highest BCUT2D eigenvalue weighted by atomic mass is 32.2. The highest BCUT2D eigenvalue weighted by Crippen LogP contribution is 2.24. The van der Waals surface area contributed by atoms with Crippen molar-refractivity contribution >= 4 is 40.3 Å². The zero-order chi connectivity index (χ0) is 22.3. The number of carbonyl (C=O) groups excluding carboxylic acids is 1. The molecule has 162 valence electrons. The molecule has 0 saturated heterocycles. The predicted molar refractivity (Wildman–Crippen MR) is 127 cm³/mol. The van der Waals surface area contributed by atoms with Gasteiger partial charge in [-0.3, -0.25) is 19.1 Å². The summed E-state index contributed by atoms with van der Waals surface area (Å²) in [5.74, 6) is -0.179. The Bertz CT molecular complexity index is 1280. The zero-order valence-electron chi connectivity index (χ0n) is 16.9. The topological polar surface area (TPSA) is 76.9 Å². The molecule has 0 radical (unpaired) electrons. The average Bonchev–Trinajstić information content (AvgIpc) is 2.82. The number of para-hydroxylation sites is 1. The van der Waals surface area contributed by atoms with Crippen molar-refractivity contribution in [1.82, 2.24) is 19.9 Å². The average molecular weight is 467 g/mol. The lowest BCUT2D eigenvalue weighted by atomic mass is 10.2. The molecule has 0 fully saturated rings. The smallest absolute Gasteiger partial charge is 0.266 e. The minimum Gasteiger partial charge on any atom is -0.351 e. The standard InChI is InChI=1S/C23H19FN4O2S2/c24-17-7-9-18(10-8-17)28-22(30)19-5-1-2-6-20(19)27-23(28)32-15-31-14-21(29)26-13-16-4-3-11-25-12-16/h1-12H,13-15H2,(H,26,29). The second kappa shape index (κ2) is 10.4. The van der Waals surface area contributed by atoms with Crippen molar-refractivity contribution in [3.63, 3.8) is 0 Å². The summed E-state index contributed by atoms with van der Waals surface area (Å²) in [6.45, 7) is 0.427. The SMILES string of the molecule is O=C(CSCSc1nc2ccccc2c(=O)n1-c1ccc(F)cc1)NCc1cccnc1. The maximum absolute atomic E-state index is 13.4. The van der Waals surface area contributed by atoms with E-state index < -0.39 is 0 Å². The minimum absolute atomic E-state index is 0.0816. The quantitative estimate of drug-likeness (QED) is 0.183. The van der Waals surface area contributed by atoms with Crippen LogP contribution in [0.5, 0.6) is 0 Å². The van der Waals surface area contributed by atoms with Gasteiger partial charge < -0.3 is 5.32 Å². The molecule has 0 spiro atoms. The molecule has 32 heavy (non-hydrogen) atoms. The molecule has 2 heterocycles. The highest BCUT2D eigenvalue weighted by molar-refractivity contribution is 8.16. The van der Waals surface area contributed by atoms with Gasteiger partial charge in [-0.2, -0.15) is 0 Å². The molecule has 4 rings (SSSR count). The van der Waals surface area contributed by atoms with Gasteiger partial charge in [0.15, 0.2) is 5.16 Å². The summed E-state index contributed by atoms with van der Waals surface area (Å²) in [5.41, 5.74) is 1.85. The maximum atomic E-state index is 13.4. The third kappa shape index (κ3) is 5.35.